The molecule has 2 atom stereocenters. The van der Waals surface area contributed by atoms with Crippen molar-refractivity contribution in [2.45, 2.75) is 30.7 Å². The highest BCUT2D eigenvalue weighted by molar-refractivity contribution is 7.89. The smallest absolute Gasteiger partial charge is 0.259 e. The fraction of sp³-hybridized carbons (Fsp3) is 0.259. The van der Waals surface area contributed by atoms with Gasteiger partial charge in [0, 0.05) is 53.4 Å². The van der Waals surface area contributed by atoms with Crippen molar-refractivity contribution in [2.75, 3.05) is 18.4 Å². The molecule has 1 saturated heterocycles. The van der Waals surface area contributed by atoms with Gasteiger partial charge in [-0.2, -0.15) is 4.31 Å². The van der Waals surface area contributed by atoms with E-state index in [9.17, 15) is 18.0 Å². The fourth-order valence-electron chi connectivity index (χ4n) is 5.46. The normalized spacial score (nSPS) is 19.7. The topological polar surface area (TPSA) is 88.5 Å². The first-order chi connectivity index (χ1) is 17.3. The van der Waals surface area contributed by atoms with Gasteiger partial charge >= 0.3 is 0 Å². The van der Waals surface area contributed by atoms with Crippen LogP contribution in [0, 0.1) is 5.92 Å². The van der Waals surface area contributed by atoms with E-state index in [1.807, 2.05) is 28.8 Å². The molecular formula is C27H25N3O4S2. The first-order valence-electron chi connectivity index (χ1n) is 11.9. The molecule has 0 spiro atoms. The number of benzene rings is 2. The standard InChI is InChI=1S/C27H25N3O4S2/c1-17(31)28-21-6-8-22(9-7-21)36(33,34)29-14-18-12-20(16-29)24-11-10-23(27(32)30(24)15-18)26-13-19-4-2-3-5-25(19)35-26/h2-11,13,18,20H,12,14-16H2,1H3,(H,28,31)/t18-,20+/m0/s1. The van der Waals surface area contributed by atoms with Crippen LogP contribution in [0.25, 0.3) is 20.5 Å². The first kappa shape index (κ1) is 23.1. The van der Waals surface area contributed by atoms with Gasteiger partial charge in [0.25, 0.3) is 5.56 Å². The van der Waals surface area contributed by atoms with E-state index in [0.717, 1.165) is 27.1 Å². The largest absolute Gasteiger partial charge is 0.326 e. The second kappa shape index (κ2) is 8.69. The second-order valence-electron chi connectivity index (χ2n) is 9.56. The Hall–Kier alpha value is -3.27. The minimum atomic E-state index is -3.69. The summed E-state index contributed by atoms with van der Waals surface area (Å²) in [4.78, 5) is 26.0. The number of hydrogen-bond acceptors (Lipinski definition) is 5. The Morgan fingerprint density at radius 3 is 2.53 bits per heavy atom. The number of sulfonamides is 1. The molecule has 0 unspecified atom stereocenters. The van der Waals surface area contributed by atoms with Crippen LogP contribution in [-0.2, 0) is 21.4 Å². The molecule has 1 amide bonds. The summed E-state index contributed by atoms with van der Waals surface area (Å²) in [5.41, 5.74) is 2.16. The van der Waals surface area contributed by atoms with Crippen LogP contribution < -0.4 is 10.9 Å². The number of thiophene rings is 1. The maximum absolute atomic E-state index is 13.5. The number of aromatic nitrogens is 1. The zero-order valence-electron chi connectivity index (χ0n) is 19.7. The average Bonchev–Trinajstić information content (AvgIpc) is 3.28. The molecule has 2 aliphatic rings. The molecule has 4 heterocycles. The van der Waals surface area contributed by atoms with E-state index in [-0.39, 0.29) is 28.2 Å². The molecule has 2 aromatic heterocycles. The van der Waals surface area contributed by atoms with Crippen molar-refractivity contribution in [2.24, 2.45) is 5.92 Å². The van der Waals surface area contributed by atoms with Gasteiger partial charge in [-0.1, -0.05) is 18.2 Å². The Kier molecular flexibility index (Phi) is 5.59. The van der Waals surface area contributed by atoms with E-state index in [4.69, 9.17) is 0 Å². The second-order valence-corrected chi connectivity index (χ2v) is 12.6. The highest BCUT2D eigenvalue weighted by Crippen LogP contribution is 2.39. The van der Waals surface area contributed by atoms with Crippen LogP contribution in [0.1, 0.15) is 25.0 Å². The number of nitrogens with one attached hydrogen (secondary N) is 1. The van der Waals surface area contributed by atoms with Gasteiger partial charge in [0.1, 0.15) is 0 Å². The number of carbonyl (C=O) groups is 1. The molecule has 0 aliphatic carbocycles. The Balaban J connectivity index is 1.29. The molecule has 2 aromatic carbocycles. The molecule has 9 heteroatoms. The van der Waals surface area contributed by atoms with Gasteiger partial charge in [0.05, 0.1) is 10.5 Å². The fourth-order valence-corrected chi connectivity index (χ4v) is 8.10. The van der Waals surface area contributed by atoms with Crippen LogP contribution in [0.2, 0.25) is 0 Å². The van der Waals surface area contributed by atoms with Gasteiger partial charge in [-0.3, -0.25) is 9.59 Å². The monoisotopic (exact) mass is 519 g/mol. The number of hydrogen-bond donors (Lipinski definition) is 1. The number of anilines is 1. The molecule has 184 valence electrons. The summed E-state index contributed by atoms with van der Waals surface area (Å²) in [6, 6.07) is 20.3. The van der Waals surface area contributed by atoms with Gasteiger partial charge in [0.2, 0.25) is 15.9 Å². The van der Waals surface area contributed by atoms with Crippen molar-refractivity contribution < 1.29 is 13.2 Å². The Bertz CT molecular complexity index is 1620. The third kappa shape index (κ3) is 3.97. The molecule has 7 nitrogen and oxygen atoms in total. The van der Waals surface area contributed by atoms with Gasteiger partial charge in [-0.15, -0.1) is 11.3 Å². The SMILES string of the molecule is CC(=O)Nc1ccc(S(=O)(=O)N2C[C@@H]3C[C@H](C2)c2ccc(-c4cc5ccccc5s4)c(=O)n2C3)cc1. The number of rotatable bonds is 4. The maximum atomic E-state index is 13.5. The van der Waals surface area contributed by atoms with Crippen molar-refractivity contribution in [3.05, 3.63) is 82.8 Å². The number of pyridine rings is 1. The highest BCUT2D eigenvalue weighted by atomic mass is 32.2. The van der Waals surface area contributed by atoms with Gasteiger partial charge in [-0.25, -0.2) is 8.42 Å². The summed E-state index contributed by atoms with van der Waals surface area (Å²) >= 11 is 1.62. The number of piperidine rings is 1. The van der Waals surface area contributed by atoms with Crippen LogP contribution >= 0.6 is 11.3 Å². The number of fused-ring (bicyclic) bond motifs is 5. The van der Waals surface area contributed by atoms with Crippen LogP contribution in [0.3, 0.4) is 0 Å². The van der Waals surface area contributed by atoms with E-state index in [1.54, 1.807) is 27.8 Å². The van der Waals surface area contributed by atoms with Crippen LogP contribution in [0.15, 0.2) is 76.4 Å². The van der Waals surface area contributed by atoms with Crippen molar-refractivity contribution in [1.82, 2.24) is 8.87 Å². The van der Waals surface area contributed by atoms with Gasteiger partial charge in [0.15, 0.2) is 0 Å². The maximum Gasteiger partial charge on any atom is 0.259 e. The molecule has 0 radical (unpaired) electrons. The lowest BCUT2D eigenvalue weighted by Crippen LogP contribution is -2.49. The Labute approximate surface area is 213 Å². The lowest BCUT2D eigenvalue weighted by atomic mass is 9.84. The number of amides is 1. The molecule has 36 heavy (non-hydrogen) atoms. The van der Waals surface area contributed by atoms with E-state index in [1.165, 1.54) is 19.1 Å². The first-order valence-corrected chi connectivity index (χ1v) is 14.2. The van der Waals surface area contributed by atoms with Gasteiger partial charge in [-0.05, 0) is 66.3 Å². The summed E-state index contributed by atoms with van der Waals surface area (Å²) in [5.74, 6) is -0.172. The molecule has 4 aromatic rings. The van der Waals surface area contributed by atoms with E-state index < -0.39 is 10.0 Å². The Morgan fingerprint density at radius 2 is 1.78 bits per heavy atom. The molecular weight excluding hydrogens is 494 g/mol. The van der Waals surface area contributed by atoms with Crippen LogP contribution in [0.4, 0.5) is 5.69 Å². The summed E-state index contributed by atoms with van der Waals surface area (Å²) < 4.78 is 31.4. The van der Waals surface area contributed by atoms with Crippen molar-refractivity contribution in [3.8, 4) is 10.4 Å². The molecule has 0 saturated carbocycles. The predicted octanol–water partition coefficient (Wildman–Crippen LogP) is 4.50. The van der Waals surface area contributed by atoms with E-state index in [0.29, 0.717) is 30.9 Å². The zero-order valence-corrected chi connectivity index (χ0v) is 21.3. The predicted molar refractivity (Wildman–Crippen MR) is 142 cm³/mol. The lowest BCUT2D eigenvalue weighted by Gasteiger charge is -2.42. The van der Waals surface area contributed by atoms with E-state index in [2.05, 4.69) is 23.5 Å². The van der Waals surface area contributed by atoms with Crippen molar-refractivity contribution >= 4 is 43.0 Å². The van der Waals surface area contributed by atoms with Crippen LogP contribution in [0.5, 0.6) is 0 Å². The van der Waals surface area contributed by atoms with Gasteiger partial charge < -0.3 is 9.88 Å². The average molecular weight is 520 g/mol. The number of nitrogens with zero attached hydrogens (tertiary/aromatic N) is 2. The summed E-state index contributed by atoms with van der Waals surface area (Å²) in [5, 5.41) is 3.78. The Morgan fingerprint density at radius 1 is 1.00 bits per heavy atom. The molecule has 2 bridgehead atoms. The van der Waals surface area contributed by atoms with E-state index >= 15 is 0 Å². The molecule has 1 fully saturated rings. The minimum Gasteiger partial charge on any atom is -0.326 e. The molecule has 6 rings (SSSR count). The highest BCUT2D eigenvalue weighted by Gasteiger charge is 2.39. The molecule has 2 aliphatic heterocycles. The summed E-state index contributed by atoms with van der Waals surface area (Å²) in [6.07, 6.45) is 0.870. The van der Waals surface area contributed by atoms with Crippen LogP contribution in [-0.4, -0.2) is 36.3 Å². The third-order valence-electron chi connectivity index (χ3n) is 7.07. The third-order valence-corrected chi connectivity index (χ3v) is 10.1. The summed E-state index contributed by atoms with van der Waals surface area (Å²) in [7, 11) is -3.69. The van der Waals surface area contributed by atoms with Crippen molar-refractivity contribution in [1.29, 1.82) is 0 Å². The lowest BCUT2D eigenvalue weighted by molar-refractivity contribution is -0.114. The van der Waals surface area contributed by atoms with Crippen molar-refractivity contribution in [3.63, 3.8) is 0 Å². The minimum absolute atomic E-state index is 0.00127. The molecule has 1 N–H and O–H groups in total. The quantitative estimate of drug-likeness (QED) is 0.430. The summed E-state index contributed by atoms with van der Waals surface area (Å²) in [6.45, 7) is 2.64. The zero-order chi connectivity index (χ0) is 25.0. The number of carbonyl (C=O) groups excluding carboxylic acids is 1.